The second-order valence-corrected chi connectivity index (χ2v) is 6.51. The smallest absolute Gasteiger partial charge is 0.257 e. The number of carbonyl (C=O) groups excluding carboxylic acids is 1. The predicted octanol–water partition coefficient (Wildman–Crippen LogP) is 4.59. The molecular formula is C24H25NO3. The van der Waals surface area contributed by atoms with E-state index in [1.54, 1.807) is 32.4 Å². The quantitative estimate of drug-likeness (QED) is 0.578. The van der Waals surface area contributed by atoms with Crippen LogP contribution in [0.1, 0.15) is 21.5 Å². The zero-order valence-corrected chi connectivity index (χ0v) is 16.3. The van der Waals surface area contributed by atoms with Gasteiger partial charge in [0, 0.05) is 19.2 Å². The van der Waals surface area contributed by atoms with Crippen LogP contribution < -0.4 is 9.47 Å². The van der Waals surface area contributed by atoms with Gasteiger partial charge in [0.1, 0.15) is 11.5 Å². The molecule has 4 nitrogen and oxygen atoms in total. The van der Waals surface area contributed by atoms with Crippen LogP contribution in [0.2, 0.25) is 0 Å². The molecule has 144 valence electrons. The van der Waals surface area contributed by atoms with Crippen molar-refractivity contribution in [2.24, 2.45) is 0 Å². The zero-order valence-electron chi connectivity index (χ0n) is 16.3. The molecule has 3 aromatic carbocycles. The first kappa shape index (κ1) is 19.5. The maximum absolute atomic E-state index is 13.4. The molecule has 0 N–H and O–H groups in total. The average Bonchev–Trinajstić information content (AvgIpc) is 2.77. The topological polar surface area (TPSA) is 38.8 Å². The van der Waals surface area contributed by atoms with Gasteiger partial charge in [-0.1, -0.05) is 60.7 Å². The van der Waals surface area contributed by atoms with Crippen molar-refractivity contribution in [3.05, 3.63) is 95.6 Å². The van der Waals surface area contributed by atoms with Gasteiger partial charge in [0.2, 0.25) is 0 Å². The fraction of sp³-hybridized carbons (Fsp3) is 0.208. The third-order valence-corrected chi connectivity index (χ3v) is 4.66. The Kier molecular flexibility index (Phi) is 6.68. The number of carbonyl (C=O) groups is 1. The Morgan fingerprint density at radius 1 is 0.821 bits per heavy atom. The molecule has 0 aromatic heterocycles. The molecule has 0 fully saturated rings. The van der Waals surface area contributed by atoms with Gasteiger partial charge in [-0.3, -0.25) is 4.79 Å². The molecule has 28 heavy (non-hydrogen) atoms. The van der Waals surface area contributed by atoms with Crippen molar-refractivity contribution in [1.29, 1.82) is 0 Å². The van der Waals surface area contributed by atoms with Crippen LogP contribution in [0.3, 0.4) is 0 Å². The van der Waals surface area contributed by atoms with Crippen molar-refractivity contribution >= 4 is 5.91 Å². The van der Waals surface area contributed by atoms with E-state index in [2.05, 4.69) is 12.1 Å². The van der Waals surface area contributed by atoms with Crippen molar-refractivity contribution in [3.63, 3.8) is 0 Å². The van der Waals surface area contributed by atoms with Crippen LogP contribution in [0.4, 0.5) is 0 Å². The minimum absolute atomic E-state index is 0.0562. The highest BCUT2D eigenvalue weighted by Crippen LogP contribution is 2.26. The number of nitrogens with zero attached hydrogens (tertiary/aromatic N) is 1. The lowest BCUT2D eigenvalue weighted by Gasteiger charge is -2.24. The molecule has 0 spiro atoms. The van der Waals surface area contributed by atoms with Crippen LogP contribution in [0.15, 0.2) is 78.9 Å². The molecule has 0 aliphatic rings. The number of amides is 1. The first-order chi connectivity index (χ1) is 13.7. The summed E-state index contributed by atoms with van der Waals surface area (Å²) in [6.07, 6.45) is 0.790. The second-order valence-electron chi connectivity index (χ2n) is 6.51. The van der Waals surface area contributed by atoms with E-state index in [1.165, 1.54) is 5.56 Å². The lowest BCUT2D eigenvalue weighted by atomic mass is 10.1. The van der Waals surface area contributed by atoms with E-state index in [0.29, 0.717) is 30.2 Å². The second kappa shape index (κ2) is 9.60. The van der Waals surface area contributed by atoms with Gasteiger partial charge < -0.3 is 14.4 Å². The Labute approximate surface area is 166 Å². The number of hydrogen-bond acceptors (Lipinski definition) is 3. The monoisotopic (exact) mass is 375 g/mol. The number of ether oxygens (including phenoxy) is 2. The number of benzene rings is 3. The highest BCUT2D eigenvalue weighted by Gasteiger charge is 2.20. The molecule has 4 heteroatoms. The standard InChI is InChI=1S/C24H25NO3/c1-27-21-13-14-22(23(17-21)28-2)24(26)25(18-20-11-7-4-8-12-20)16-15-19-9-5-3-6-10-19/h3-14,17H,15-16,18H2,1-2H3. The minimum Gasteiger partial charge on any atom is -0.497 e. The lowest BCUT2D eigenvalue weighted by molar-refractivity contribution is 0.0741. The molecule has 0 saturated carbocycles. The van der Waals surface area contributed by atoms with Crippen LogP contribution in [-0.4, -0.2) is 31.6 Å². The van der Waals surface area contributed by atoms with Gasteiger partial charge in [0.05, 0.1) is 19.8 Å². The fourth-order valence-electron chi connectivity index (χ4n) is 3.11. The third kappa shape index (κ3) is 4.92. The van der Waals surface area contributed by atoms with Crippen molar-refractivity contribution in [1.82, 2.24) is 4.90 Å². The molecule has 0 aliphatic carbocycles. The van der Waals surface area contributed by atoms with Crippen LogP contribution in [0.25, 0.3) is 0 Å². The highest BCUT2D eigenvalue weighted by atomic mass is 16.5. The van der Waals surface area contributed by atoms with Crippen LogP contribution in [-0.2, 0) is 13.0 Å². The highest BCUT2D eigenvalue weighted by molar-refractivity contribution is 5.97. The summed E-state index contributed by atoms with van der Waals surface area (Å²) in [4.78, 5) is 15.2. The number of hydrogen-bond donors (Lipinski definition) is 0. The molecule has 0 saturated heterocycles. The Morgan fingerprint density at radius 3 is 2.07 bits per heavy atom. The normalized spacial score (nSPS) is 10.4. The zero-order chi connectivity index (χ0) is 19.8. The maximum Gasteiger partial charge on any atom is 0.257 e. The van der Waals surface area contributed by atoms with Gasteiger partial charge in [0.15, 0.2) is 0 Å². The van der Waals surface area contributed by atoms with E-state index in [-0.39, 0.29) is 5.91 Å². The minimum atomic E-state index is -0.0562. The molecule has 0 atom stereocenters. The molecule has 0 bridgehead atoms. The summed E-state index contributed by atoms with van der Waals surface area (Å²) in [7, 11) is 3.16. The first-order valence-electron chi connectivity index (χ1n) is 9.30. The summed E-state index contributed by atoms with van der Waals surface area (Å²) < 4.78 is 10.7. The Hall–Kier alpha value is -3.27. The summed E-state index contributed by atoms with van der Waals surface area (Å²) in [6.45, 7) is 1.16. The first-order valence-corrected chi connectivity index (χ1v) is 9.30. The van der Waals surface area contributed by atoms with Crippen molar-refractivity contribution < 1.29 is 14.3 Å². The molecular weight excluding hydrogens is 350 g/mol. The predicted molar refractivity (Wildman–Crippen MR) is 111 cm³/mol. The van der Waals surface area contributed by atoms with Crippen molar-refractivity contribution in [2.45, 2.75) is 13.0 Å². The SMILES string of the molecule is COc1ccc(C(=O)N(CCc2ccccc2)Cc2ccccc2)c(OC)c1. The molecule has 0 aliphatic heterocycles. The van der Waals surface area contributed by atoms with Crippen molar-refractivity contribution in [3.8, 4) is 11.5 Å². The Morgan fingerprint density at radius 2 is 1.46 bits per heavy atom. The summed E-state index contributed by atoms with van der Waals surface area (Å²) in [5, 5.41) is 0. The van der Waals surface area contributed by atoms with Gasteiger partial charge in [-0.2, -0.15) is 0 Å². The fourth-order valence-corrected chi connectivity index (χ4v) is 3.11. The Bertz CT molecular complexity index is 894. The Balaban J connectivity index is 1.85. The van der Waals surface area contributed by atoms with Crippen molar-refractivity contribution in [2.75, 3.05) is 20.8 Å². The average molecular weight is 375 g/mol. The summed E-state index contributed by atoms with van der Waals surface area (Å²) >= 11 is 0. The van der Waals surface area contributed by atoms with E-state index < -0.39 is 0 Å². The summed E-state index contributed by atoms with van der Waals surface area (Å²) in [5.74, 6) is 1.12. The van der Waals surface area contributed by atoms with Gasteiger partial charge >= 0.3 is 0 Å². The molecule has 3 rings (SSSR count). The summed E-state index contributed by atoms with van der Waals surface area (Å²) in [5.41, 5.74) is 2.83. The van der Waals surface area contributed by atoms with E-state index in [4.69, 9.17) is 9.47 Å². The van der Waals surface area contributed by atoms with E-state index >= 15 is 0 Å². The van der Waals surface area contributed by atoms with Gasteiger partial charge in [-0.25, -0.2) is 0 Å². The van der Waals surface area contributed by atoms with E-state index in [1.807, 2.05) is 53.4 Å². The van der Waals surface area contributed by atoms with Crippen LogP contribution >= 0.6 is 0 Å². The van der Waals surface area contributed by atoms with Crippen LogP contribution in [0.5, 0.6) is 11.5 Å². The lowest BCUT2D eigenvalue weighted by Crippen LogP contribution is -2.32. The number of methoxy groups -OCH3 is 2. The molecule has 0 radical (unpaired) electrons. The van der Waals surface area contributed by atoms with E-state index in [0.717, 1.165) is 12.0 Å². The summed E-state index contributed by atoms with van der Waals surface area (Å²) in [6, 6.07) is 25.5. The van der Waals surface area contributed by atoms with Gasteiger partial charge in [-0.05, 0) is 29.7 Å². The molecule has 1 amide bonds. The molecule has 0 heterocycles. The molecule has 3 aromatic rings. The third-order valence-electron chi connectivity index (χ3n) is 4.66. The number of rotatable bonds is 8. The van der Waals surface area contributed by atoms with Gasteiger partial charge in [0.25, 0.3) is 5.91 Å². The maximum atomic E-state index is 13.4. The molecule has 0 unspecified atom stereocenters. The van der Waals surface area contributed by atoms with Crippen LogP contribution in [0, 0.1) is 0 Å². The van der Waals surface area contributed by atoms with Gasteiger partial charge in [-0.15, -0.1) is 0 Å². The van der Waals surface area contributed by atoms with E-state index in [9.17, 15) is 4.79 Å². The largest absolute Gasteiger partial charge is 0.497 e.